The highest BCUT2D eigenvalue weighted by atomic mass is 32.2. The molecular weight excluding hydrogens is 429 g/mol. The van der Waals surface area contributed by atoms with Crippen LogP contribution in [0.15, 0.2) is 30.2 Å². The molecule has 1 amide bonds. The van der Waals surface area contributed by atoms with Crippen LogP contribution in [-0.4, -0.2) is 76.5 Å². The average Bonchev–Trinajstić information content (AvgIpc) is 3.22. The number of piperidine rings is 1. The lowest BCUT2D eigenvalue weighted by atomic mass is 9.79. The van der Waals surface area contributed by atoms with Gasteiger partial charge in [-0.3, -0.25) is 4.79 Å². The standard InChI is InChI=1S/C15H22N4O3S.C2HF3O2/c1-3-7-18-9-6-15(14(18)20)5-4-8-19(11-15)23(21,22)13-10-17(2)12-16-13;3-2(4,5)1(6)7/h3,10,12H,1,4-9,11H2,2H3;(H,6,7). The first-order valence-corrected chi connectivity index (χ1v) is 10.5. The first-order chi connectivity index (χ1) is 13.8. The van der Waals surface area contributed by atoms with E-state index in [0.717, 1.165) is 6.42 Å². The van der Waals surface area contributed by atoms with Crippen molar-refractivity contribution in [1.29, 1.82) is 0 Å². The molecule has 2 aliphatic rings. The van der Waals surface area contributed by atoms with Crippen molar-refractivity contribution in [3.8, 4) is 0 Å². The number of aryl methyl sites for hydroxylation is 1. The molecule has 1 aromatic rings. The molecule has 0 bridgehead atoms. The maximum atomic E-state index is 12.8. The van der Waals surface area contributed by atoms with Crippen LogP contribution in [0.2, 0.25) is 0 Å². The first kappa shape index (κ1) is 23.9. The second-order valence-electron chi connectivity index (χ2n) is 7.19. The fourth-order valence-electron chi connectivity index (χ4n) is 3.55. The van der Waals surface area contributed by atoms with Crippen molar-refractivity contribution in [2.45, 2.75) is 30.5 Å². The van der Waals surface area contributed by atoms with Gasteiger partial charge in [0, 0.05) is 39.4 Å². The quantitative estimate of drug-likeness (QED) is 0.688. The average molecular weight is 452 g/mol. The molecule has 13 heteroatoms. The molecule has 0 aliphatic carbocycles. The molecule has 1 N–H and O–H groups in total. The maximum absolute atomic E-state index is 12.8. The molecule has 1 spiro atoms. The molecule has 2 fully saturated rings. The number of aromatic nitrogens is 2. The molecule has 0 radical (unpaired) electrons. The number of carbonyl (C=O) groups is 2. The van der Waals surface area contributed by atoms with Crippen LogP contribution >= 0.6 is 0 Å². The third-order valence-corrected chi connectivity index (χ3v) is 6.75. The van der Waals surface area contributed by atoms with Gasteiger partial charge in [0.1, 0.15) is 0 Å². The number of nitrogens with zero attached hydrogens (tertiary/aromatic N) is 4. The molecule has 1 atom stereocenters. The molecule has 2 saturated heterocycles. The van der Waals surface area contributed by atoms with E-state index in [2.05, 4.69) is 11.6 Å². The number of amides is 1. The Morgan fingerprint density at radius 3 is 2.50 bits per heavy atom. The summed E-state index contributed by atoms with van der Waals surface area (Å²) in [5.74, 6) is -2.70. The zero-order chi connectivity index (χ0) is 22.7. The Kier molecular flexibility index (Phi) is 6.97. The van der Waals surface area contributed by atoms with Crippen molar-refractivity contribution < 1.29 is 36.3 Å². The summed E-state index contributed by atoms with van der Waals surface area (Å²) in [5, 5.41) is 7.17. The molecule has 168 valence electrons. The van der Waals surface area contributed by atoms with E-state index in [1.54, 1.807) is 22.6 Å². The van der Waals surface area contributed by atoms with Gasteiger partial charge in [-0.2, -0.15) is 17.5 Å². The van der Waals surface area contributed by atoms with Crippen molar-refractivity contribution in [1.82, 2.24) is 18.8 Å². The summed E-state index contributed by atoms with van der Waals surface area (Å²) in [6.45, 7) is 5.56. The number of aliphatic carboxylic acids is 1. The van der Waals surface area contributed by atoms with Crippen LogP contribution in [0.5, 0.6) is 0 Å². The topological polar surface area (TPSA) is 113 Å². The van der Waals surface area contributed by atoms with Crippen LogP contribution in [0, 0.1) is 5.41 Å². The summed E-state index contributed by atoms with van der Waals surface area (Å²) in [6.07, 6.45) is 1.74. The van der Waals surface area contributed by atoms with Crippen LogP contribution in [0.25, 0.3) is 0 Å². The minimum Gasteiger partial charge on any atom is -0.475 e. The highest BCUT2D eigenvalue weighted by Crippen LogP contribution is 2.41. The minimum atomic E-state index is -5.08. The van der Waals surface area contributed by atoms with E-state index in [1.807, 2.05) is 0 Å². The maximum Gasteiger partial charge on any atom is 0.490 e. The van der Waals surface area contributed by atoms with E-state index in [1.165, 1.54) is 16.8 Å². The molecule has 1 aromatic heterocycles. The minimum absolute atomic E-state index is 0.0467. The van der Waals surface area contributed by atoms with Gasteiger partial charge in [0.2, 0.25) is 5.91 Å². The van der Waals surface area contributed by atoms with Gasteiger partial charge in [-0.05, 0) is 19.3 Å². The van der Waals surface area contributed by atoms with Crippen LogP contribution in [0.1, 0.15) is 19.3 Å². The summed E-state index contributed by atoms with van der Waals surface area (Å²) in [6, 6.07) is 0. The summed E-state index contributed by atoms with van der Waals surface area (Å²) < 4.78 is 60.3. The Morgan fingerprint density at radius 2 is 2.00 bits per heavy atom. The van der Waals surface area contributed by atoms with E-state index in [0.29, 0.717) is 32.5 Å². The zero-order valence-electron chi connectivity index (χ0n) is 16.3. The fourth-order valence-corrected chi connectivity index (χ4v) is 5.08. The summed E-state index contributed by atoms with van der Waals surface area (Å²) in [5.41, 5.74) is -0.580. The third kappa shape index (κ3) is 5.01. The highest BCUT2D eigenvalue weighted by molar-refractivity contribution is 7.89. The third-order valence-electron chi connectivity index (χ3n) is 5.02. The molecule has 0 saturated carbocycles. The molecule has 9 nitrogen and oxygen atoms in total. The number of carbonyl (C=O) groups excluding carboxylic acids is 1. The van der Waals surface area contributed by atoms with Crippen molar-refractivity contribution in [2.24, 2.45) is 12.5 Å². The van der Waals surface area contributed by atoms with Crippen LogP contribution in [0.3, 0.4) is 0 Å². The lowest BCUT2D eigenvalue weighted by Crippen LogP contribution is -2.49. The Bertz CT molecular complexity index is 915. The lowest BCUT2D eigenvalue weighted by Gasteiger charge is -2.37. The number of likely N-dealkylation sites (tertiary alicyclic amines) is 1. The second-order valence-corrected chi connectivity index (χ2v) is 9.08. The van der Waals surface area contributed by atoms with Gasteiger partial charge >= 0.3 is 12.1 Å². The van der Waals surface area contributed by atoms with Crippen molar-refractivity contribution in [2.75, 3.05) is 26.2 Å². The lowest BCUT2D eigenvalue weighted by molar-refractivity contribution is -0.192. The Labute approximate surface area is 171 Å². The van der Waals surface area contributed by atoms with Crippen LogP contribution in [-0.2, 0) is 26.7 Å². The molecule has 0 aromatic carbocycles. The Hall–Kier alpha value is -2.41. The van der Waals surface area contributed by atoms with E-state index < -0.39 is 27.6 Å². The van der Waals surface area contributed by atoms with Gasteiger partial charge in [-0.15, -0.1) is 6.58 Å². The number of sulfonamides is 1. The predicted octanol–water partition coefficient (Wildman–Crippen LogP) is 1.24. The number of hydrogen-bond acceptors (Lipinski definition) is 5. The molecule has 1 unspecified atom stereocenters. The number of carboxylic acid groups (broad SMARTS) is 1. The van der Waals surface area contributed by atoms with Crippen molar-refractivity contribution in [3.05, 3.63) is 25.2 Å². The van der Waals surface area contributed by atoms with E-state index in [9.17, 15) is 26.4 Å². The highest BCUT2D eigenvalue weighted by Gasteiger charge is 2.50. The Morgan fingerprint density at radius 1 is 1.37 bits per heavy atom. The van der Waals surface area contributed by atoms with Gasteiger partial charge in [0.05, 0.1) is 11.7 Å². The van der Waals surface area contributed by atoms with Crippen LogP contribution < -0.4 is 0 Å². The number of imidazole rings is 1. The van der Waals surface area contributed by atoms with Gasteiger partial charge in [-0.1, -0.05) is 6.08 Å². The van der Waals surface area contributed by atoms with Crippen molar-refractivity contribution in [3.63, 3.8) is 0 Å². The summed E-state index contributed by atoms with van der Waals surface area (Å²) in [7, 11) is -1.91. The second kappa shape index (κ2) is 8.76. The normalized spacial score (nSPS) is 22.7. The fraction of sp³-hybridized carbons (Fsp3) is 0.588. The SMILES string of the molecule is C=CCN1CCC2(CCCN(S(=O)(=O)c3cn(C)cn3)C2)C1=O.O=C(O)C(F)(F)F. The van der Waals surface area contributed by atoms with E-state index in [-0.39, 0.29) is 17.5 Å². The van der Waals surface area contributed by atoms with Gasteiger partial charge in [0.25, 0.3) is 10.0 Å². The largest absolute Gasteiger partial charge is 0.490 e. The molecule has 2 aliphatic heterocycles. The molecular formula is C17H23F3N4O5S. The van der Waals surface area contributed by atoms with Gasteiger partial charge in [-0.25, -0.2) is 18.2 Å². The number of carboxylic acids is 1. The van der Waals surface area contributed by atoms with Gasteiger partial charge in [0.15, 0.2) is 5.03 Å². The number of alkyl halides is 3. The van der Waals surface area contributed by atoms with E-state index >= 15 is 0 Å². The molecule has 3 rings (SSSR count). The van der Waals surface area contributed by atoms with E-state index in [4.69, 9.17) is 9.90 Å². The molecule has 30 heavy (non-hydrogen) atoms. The zero-order valence-corrected chi connectivity index (χ0v) is 17.1. The predicted molar refractivity (Wildman–Crippen MR) is 98.7 cm³/mol. The van der Waals surface area contributed by atoms with Gasteiger partial charge < -0.3 is 14.6 Å². The monoisotopic (exact) mass is 452 g/mol. The van der Waals surface area contributed by atoms with Crippen LogP contribution in [0.4, 0.5) is 13.2 Å². The summed E-state index contributed by atoms with van der Waals surface area (Å²) >= 11 is 0. The summed E-state index contributed by atoms with van der Waals surface area (Å²) in [4.78, 5) is 27.4. The smallest absolute Gasteiger partial charge is 0.475 e. The number of hydrogen-bond donors (Lipinski definition) is 1. The number of rotatable bonds is 4. The Balaban J connectivity index is 0.000000396. The number of halogens is 3. The molecule has 3 heterocycles. The van der Waals surface area contributed by atoms with Crippen molar-refractivity contribution >= 4 is 21.9 Å². The first-order valence-electron chi connectivity index (χ1n) is 9.02.